The fraction of sp³-hybridized carbons (Fsp3) is 0.400. The number of pyridine rings is 1. The molecule has 2 rings (SSSR count). The maximum absolute atomic E-state index is 11.6. The van der Waals surface area contributed by atoms with E-state index < -0.39 is 0 Å². The van der Waals surface area contributed by atoms with E-state index in [4.69, 9.17) is 0 Å². The lowest BCUT2D eigenvalue weighted by Crippen LogP contribution is -2.47. The summed E-state index contributed by atoms with van der Waals surface area (Å²) in [6.07, 6.45) is 7.29. The maximum Gasteiger partial charge on any atom is 0.315 e. The normalized spacial score (nSPS) is 11.2. The number of rotatable bonds is 4. The molecule has 0 radical (unpaired) electrons. The molecular weight excluding hydrogens is 266 g/mol. The molecule has 2 aromatic rings. The number of urea groups is 1. The molecule has 6 nitrogen and oxygen atoms in total. The smallest absolute Gasteiger partial charge is 0.315 e. The Labute approximate surface area is 124 Å². The molecule has 2 amide bonds. The summed E-state index contributed by atoms with van der Waals surface area (Å²) in [7, 11) is 0. The van der Waals surface area contributed by atoms with Gasteiger partial charge in [0.2, 0.25) is 0 Å². The molecule has 0 aliphatic heterocycles. The monoisotopic (exact) mass is 287 g/mol. The second-order valence-corrected chi connectivity index (χ2v) is 5.86. The van der Waals surface area contributed by atoms with Gasteiger partial charge in [-0.25, -0.2) is 4.79 Å². The van der Waals surface area contributed by atoms with Crippen molar-refractivity contribution in [3.8, 4) is 11.1 Å². The van der Waals surface area contributed by atoms with Gasteiger partial charge >= 0.3 is 6.03 Å². The predicted octanol–water partition coefficient (Wildman–Crippen LogP) is 2.04. The van der Waals surface area contributed by atoms with Crippen LogP contribution in [0, 0.1) is 0 Å². The Bertz CT molecular complexity index is 586. The van der Waals surface area contributed by atoms with E-state index in [1.165, 1.54) is 0 Å². The Morgan fingerprint density at radius 1 is 1.29 bits per heavy atom. The van der Waals surface area contributed by atoms with Crippen LogP contribution in [0.25, 0.3) is 11.1 Å². The molecule has 0 bridgehead atoms. The summed E-state index contributed by atoms with van der Waals surface area (Å²) in [5, 5.41) is 9.94. The van der Waals surface area contributed by atoms with Crippen molar-refractivity contribution in [3.05, 3.63) is 36.9 Å². The summed E-state index contributed by atoms with van der Waals surface area (Å²) in [5.41, 5.74) is 1.81. The number of nitrogens with one attached hydrogen (secondary N) is 2. The van der Waals surface area contributed by atoms with E-state index in [-0.39, 0.29) is 11.6 Å². The van der Waals surface area contributed by atoms with Crippen LogP contribution in [0.5, 0.6) is 0 Å². The topological polar surface area (TPSA) is 71.8 Å². The average molecular weight is 287 g/mol. The summed E-state index contributed by atoms with van der Waals surface area (Å²) in [4.78, 5) is 15.7. The third kappa shape index (κ3) is 4.91. The van der Waals surface area contributed by atoms with Crippen molar-refractivity contribution in [3.63, 3.8) is 0 Å². The van der Waals surface area contributed by atoms with Crippen molar-refractivity contribution in [2.75, 3.05) is 6.54 Å². The van der Waals surface area contributed by atoms with E-state index in [0.29, 0.717) is 13.1 Å². The van der Waals surface area contributed by atoms with Gasteiger partial charge in [-0.2, -0.15) is 5.10 Å². The molecule has 0 aromatic carbocycles. The maximum atomic E-state index is 11.6. The largest absolute Gasteiger partial charge is 0.336 e. The number of carbonyl (C=O) groups excluding carboxylic acids is 1. The fourth-order valence-corrected chi connectivity index (χ4v) is 1.84. The Morgan fingerprint density at radius 3 is 2.76 bits per heavy atom. The molecule has 6 heteroatoms. The van der Waals surface area contributed by atoms with Crippen molar-refractivity contribution in [1.29, 1.82) is 0 Å². The highest BCUT2D eigenvalue weighted by molar-refractivity contribution is 5.74. The number of amides is 2. The van der Waals surface area contributed by atoms with Gasteiger partial charge in [-0.1, -0.05) is 6.07 Å². The van der Waals surface area contributed by atoms with E-state index in [9.17, 15) is 4.79 Å². The number of hydrogen-bond donors (Lipinski definition) is 2. The quantitative estimate of drug-likeness (QED) is 0.904. The van der Waals surface area contributed by atoms with Crippen molar-refractivity contribution < 1.29 is 4.79 Å². The summed E-state index contributed by atoms with van der Waals surface area (Å²) in [6.45, 7) is 6.98. The van der Waals surface area contributed by atoms with Gasteiger partial charge in [0.1, 0.15) is 0 Å². The van der Waals surface area contributed by atoms with E-state index in [1.807, 2.05) is 39.1 Å². The number of carbonyl (C=O) groups is 1. The van der Waals surface area contributed by atoms with Crippen LogP contribution in [-0.2, 0) is 6.54 Å². The predicted molar refractivity (Wildman–Crippen MR) is 81.7 cm³/mol. The van der Waals surface area contributed by atoms with Crippen molar-refractivity contribution in [2.24, 2.45) is 0 Å². The molecule has 0 unspecified atom stereocenters. The van der Waals surface area contributed by atoms with E-state index in [0.717, 1.165) is 11.1 Å². The third-order valence-electron chi connectivity index (χ3n) is 2.74. The standard InChI is InChI=1S/C15H21N5O/c1-15(2,3)19-14(21)17-7-8-20-11-13(10-18-20)12-5-4-6-16-9-12/h4-6,9-11H,7-8H2,1-3H3,(H2,17,19,21). The Kier molecular flexibility index (Phi) is 4.57. The molecule has 0 saturated carbocycles. The van der Waals surface area contributed by atoms with Crippen LogP contribution in [-0.4, -0.2) is 32.9 Å². The Hall–Kier alpha value is -2.37. The molecule has 112 valence electrons. The Morgan fingerprint density at radius 2 is 2.10 bits per heavy atom. The lowest BCUT2D eigenvalue weighted by molar-refractivity contribution is 0.231. The molecule has 2 N–H and O–H groups in total. The van der Waals surface area contributed by atoms with Crippen LogP contribution in [0.15, 0.2) is 36.9 Å². The lowest BCUT2D eigenvalue weighted by atomic mass is 10.1. The van der Waals surface area contributed by atoms with Crippen LogP contribution >= 0.6 is 0 Å². The van der Waals surface area contributed by atoms with E-state index in [2.05, 4.69) is 20.7 Å². The molecule has 0 aliphatic carbocycles. The van der Waals surface area contributed by atoms with Gasteiger partial charge in [0.05, 0.1) is 12.7 Å². The molecule has 0 aliphatic rings. The second kappa shape index (κ2) is 6.39. The first-order valence-electron chi connectivity index (χ1n) is 6.93. The van der Waals surface area contributed by atoms with Gasteiger partial charge < -0.3 is 10.6 Å². The zero-order chi connectivity index (χ0) is 15.3. The summed E-state index contributed by atoms with van der Waals surface area (Å²) in [5.74, 6) is 0. The van der Waals surface area contributed by atoms with E-state index >= 15 is 0 Å². The van der Waals surface area contributed by atoms with Crippen LogP contribution in [0.4, 0.5) is 4.79 Å². The van der Waals surface area contributed by atoms with Gasteiger partial charge in [-0.05, 0) is 26.8 Å². The van der Waals surface area contributed by atoms with Gasteiger partial charge in [0.25, 0.3) is 0 Å². The van der Waals surface area contributed by atoms with Gasteiger partial charge in [0, 0.05) is 41.8 Å². The minimum Gasteiger partial charge on any atom is -0.336 e. The highest BCUT2D eigenvalue weighted by Crippen LogP contribution is 2.16. The van der Waals surface area contributed by atoms with Gasteiger partial charge in [0.15, 0.2) is 0 Å². The van der Waals surface area contributed by atoms with Crippen LogP contribution in [0.2, 0.25) is 0 Å². The third-order valence-corrected chi connectivity index (χ3v) is 2.74. The number of nitrogens with zero attached hydrogens (tertiary/aromatic N) is 3. The van der Waals surface area contributed by atoms with Gasteiger partial charge in [-0.3, -0.25) is 9.67 Å². The summed E-state index contributed by atoms with van der Waals surface area (Å²) < 4.78 is 1.81. The zero-order valence-electron chi connectivity index (χ0n) is 12.6. The summed E-state index contributed by atoms with van der Waals surface area (Å²) >= 11 is 0. The lowest BCUT2D eigenvalue weighted by Gasteiger charge is -2.20. The molecule has 0 saturated heterocycles. The molecule has 0 fully saturated rings. The second-order valence-electron chi connectivity index (χ2n) is 5.86. The molecule has 21 heavy (non-hydrogen) atoms. The van der Waals surface area contributed by atoms with Crippen LogP contribution in [0.1, 0.15) is 20.8 Å². The molecule has 2 heterocycles. The van der Waals surface area contributed by atoms with Crippen molar-refractivity contribution >= 4 is 6.03 Å². The highest BCUT2D eigenvalue weighted by Gasteiger charge is 2.12. The molecule has 0 spiro atoms. The van der Waals surface area contributed by atoms with Crippen LogP contribution in [0.3, 0.4) is 0 Å². The molecule has 2 aromatic heterocycles. The van der Waals surface area contributed by atoms with Gasteiger partial charge in [-0.15, -0.1) is 0 Å². The minimum atomic E-state index is -0.233. The highest BCUT2D eigenvalue weighted by atomic mass is 16.2. The molecular formula is C15H21N5O. The summed E-state index contributed by atoms with van der Waals surface area (Å²) in [6, 6.07) is 3.72. The number of hydrogen-bond acceptors (Lipinski definition) is 3. The first kappa shape index (κ1) is 15.0. The Balaban J connectivity index is 1.83. The first-order chi connectivity index (χ1) is 9.94. The minimum absolute atomic E-state index is 0.165. The van der Waals surface area contributed by atoms with Crippen molar-refractivity contribution in [2.45, 2.75) is 32.9 Å². The first-order valence-corrected chi connectivity index (χ1v) is 6.93. The zero-order valence-corrected chi connectivity index (χ0v) is 12.6. The SMILES string of the molecule is CC(C)(C)NC(=O)NCCn1cc(-c2cccnc2)cn1. The molecule has 0 atom stereocenters. The average Bonchev–Trinajstić information content (AvgIpc) is 2.86. The number of aromatic nitrogens is 3. The van der Waals surface area contributed by atoms with Crippen molar-refractivity contribution in [1.82, 2.24) is 25.4 Å². The van der Waals surface area contributed by atoms with E-state index in [1.54, 1.807) is 23.3 Å². The van der Waals surface area contributed by atoms with Crippen LogP contribution < -0.4 is 10.6 Å². The fourth-order valence-electron chi connectivity index (χ4n) is 1.84.